The van der Waals surface area contributed by atoms with E-state index in [1.165, 1.54) is 17.2 Å². The van der Waals surface area contributed by atoms with Gasteiger partial charge in [0.25, 0.3) is 0 Å². The minimum atomic E-state index is -1.21. The fourth-order valence-electron chi connectivity index (χ4n) is 6.72. The van der Waals surface area contributed by atoms with Crippen molar-refractivity contribution in [3.8, 4) is 11.1 Å². The van der Waals surface area contributed by atoms with Crippen LogP contribution in [0, 0.1) is 25.1 Å². The Morgan fingerprint density at radius 2 is 1.78 bits per heavy atom. The number of ether oxygens (including phenoxy) is 1. The predicted octanol–water partition coefficient (Wildman–Crippen LogP) is 7.12. The summed E-state index contributed by atoms with van der Waals surface area (Å²) < 4.78 is 19.9. The molecule has 2 N–H and O–H groups in total. The molecular formula is C37H48FN3O4. The van der Waals surface area contributed by atoms with Crippen LogP contribution >= 0.6 is 0 Å². The molecule has 1 aromatic heterocycles. The first-order chi connectivity index (χ1) is 21.2. The van der Waals surface area contributed by atoms with Gasteiger partial charge in [-0.25, -0.2) is 9.18 Å². The molecule has 2 aliphatic heterocycles. The van der Waals surface area contributed by atoms with Crippen LogP contribution in [-0.4, -0.2) is 51.3 Å². The third-order valence-electron chi connectivity index (χ3n) is 9.30. The molecule has 242 valence electrons. The number of rotatable bonds is 8. The number of aliphatic hydroxyl groups excluding tert-OH is 1. The molecule has 8 heteroatoms. The van der Waals surface area contributed by atoms with Crippen molar-refractivity contribution in [2.45, 2.75) is 99.1 Å². The van der Waals surface area contributed by atoms with Gasteiger partial charge in [0, 0.05) is 49.5 Å². The maximum absolute atomic E-state index is 13.7. The third kappa shape index (κ3) is 7.40. The maximum Gasteiger partial charge on any atom is 0.337 e. The zero-order chi connectivity index (χ0) is 32.7. The monoisotopic (exact) mass is 617 g/mol. The van der Waals surface area contributed by atoms with E-state index in [0.717, 1.165) is 79.9 Å². The van der Waals surface area contributed by atoms with Gasteiger partial charge in [0.15, 0.2) is 6.10 Å². The molecule has 7 nitrogen and oxygen atoms in total. The standard InChI is InChI=1S/C37H48FN3O4/c1-23-18-29(38)11-10-27(23)20-40-15-12-25-19-26(8-9-28(25)21-40)32-30(22-42)39-24(2)31(34(35(43)44)45-36(3,4)5)33(32)41-16-13-37(6,7)14-17-41/h8-11,18-19,34,42H,12-17,20-22H2,1-7H3,(H,43,44). The molecular weight excluding hydrogens is 569 g/mol. The molecule has 0 bridgehead atoms. The van der Waals surface area contributed by atoms with E-state index in [4.69, 9.17) is 9.72 Å². The number of piperidine rings is 1. The van der Waals surface area contributed by atoms with E-state index in [1.54, 1.807) is 6.07 Å². The number of aliphatic carboxylic acids is 1. The number of fused-ring (bicyclic) bond motifs is 1. The van der Waals surface area contributed by atoms with Crippen molar-refractivity contribution in [3.05, 3.63) is 81.4 Å². The Morgan fingerprint density at radius 1 is 1.07 bits per heavy atom. The molecule has 0 aliphatic carbocycles. The largest absolute Gasteiger partial charge is 0.479 e. The highest BCUT2D eigenvalue weighted by Crippen LogP contribution is 2.45. The molecule has 0 spiro atoms. The highest BCUT2D eigenvalue weighted by Gasteiger charge is 2.37. The summed E-state index contributed by atoms with van der Waals surface area (Å²) in [6.45, 7) is 17.6. The minimum Gasteiger partial charge on any atom is -0.479 e. The number of halogens is 1. The van der Waals surface area contributed by atoms with E-state index < -0.39 is 17.7 Å². The average molecular weight is 618 g/mol. The van der Waals surface area contributed by atoms with E-state index in [-0.39, 0.29) is 17.8 Å². The van der Waals surface area contributed by atoms with Crippen LogP contribution in [0.5, 0.6) is 0 Å². The summed E-state index contributed by atoms with van der Waals surface area (Å²) in [5.74, 6) is -1.27. The first kappa shape index (κ1) is 33.0. The summed E-state index contributed by atoms with van der Waals surface area (Å²) in [5.41, 5.74) is 8.22. The van der Waals surface area contributed by atoms with E-state index in [9.17, 15) is 19.4 Å². The van der Waals surface area contributed by atoms with Crippen LogP contribution in [0.2, 0.25) is 0 Å². The Morgan fingerprint density at radius 3 is 2.40 bits per heavy atom. The highest BCUT2D eigenvalue weighted by atomic mass is 19.1. The quantitative estimate of drug-likeness (QED) is 0.278. The Hall–Kier alpha value is -3.33. The molecule has 5 rings (SSSR count). The molecule has 3 aromatic rings. The number of carboxylic acids is 1. The van der Waals surface area contributed by atoms with Gasteiger partial charge in [-0.1, -0.05) is 38.1 Å². The lowest BCUT2D eigenvalue weighted by atomic mass is 9.81. The molecule has 1 unspecified atom stereocenters. The van der Waals surface area contributed by atoms with Gasteiger partial charge in [-0.3, -0.25) is 9.88 Å². The molecule has 0 radical (unpaired) electrons. The highest BCUT2D eigenvalue weighted by molar-refractivity contribution is 5.88. The van der Waals surface area contributed by atoms with E-state index in [0.29, 0.717) is 17.0 Å². The third-order valence-corrected chi connectivity index (χ3v) is 9.30. The second-order valence-electron chi connectivity index (χ2n) is 14.6. The van der Waals surface area contributed by atoms with Crippen molar-refractivity contribution >= 4 is 11.7 Å². The number of aliphatic hydroxyl groups is 1. The number of carbonyl (C=O) groups is 1. The van der Waals surface area contributed by atoms with E-state index >= 15 is 0 Å². The van der Waals surface area contributed by atoms with Crippen LogP contribution in [-0.2, 0) is 35.6 Å². The molecule has 0 amide bonds. The van der Waals surface area contributed by atoms with Gasteiger partial charge in [-0.15, -0.1) is 0 Å². The molecule has 2 aromatic carbocycles. The number of aryl methyl sites for hydroxylation is 2. The van der Waals surface area contributed by atoms with E-state index in [1.807, 2.05) is 40.7 Å². The maximum atomic E-state index is 13.7. The van der Waals surface area contributed by atoms with Crippen molar-refractivity contribution in [1.82, 2.24) is 9.88 Å². The van der Waals surface area contributed by atoms with Crippen LogP contribution in [0.15, 0.2) is 36.4 Å². The molecule has 1 atom stereocenters. The van der Waals surface area contributed by atoms with Gasteiger partial charge in [-0.2, -0.15) is 0 Å². The topological polar surface area (TPSA) is 86.1 Å². The Bertz CT molecular complexity index is 1570. The first-order valence-electron chi connectivity index (χ1n) is 16.0. The SMILES string of the molecule is Cc1cc(F)ccc1CN1CCc2cc(-c3c(CO)nc(C)c(C(OC(C)(C)C)C(=O)O)c3N3CCC(C)(C)CC3)ccc2C1. The van der Waals surface area contributed by atoms with Gasteiger partial charge in [-0.05, 0) is 99.2 Å². The summed E-state index contributed by atoms with van der Waals surface area (Å²) >= 11 is 0. The molecule has 1 fully saturated rings. The second kappa shape index (κ2) is 12.8. The van der Waals surface area contributed by atoms with Crippen LogP contribution in [0.25, 0.3) is 11.1 Å². The zero-order valence-corrected chi connectivity index (χ0v) is 27.8. The first-order valence-corrected chi connectivity index (χ1v) is 16.0. The summed E-state index contributed by atoms with van der Waals surface area (Å²) in [7, 11) is 0. The summed E-state index contributed by atoms with van der Waals surface area (Å²) in [5, 5.41) is 21.1. The number of hydrogen-bond acceptors (Lipinski definition) is 6. The number of anilines is 1. The van der Waals surface area contributed by atoms with Crippen LogP contribution in [0.3, 0.4) is 0 Å². The number of nitrogens with zero attached hydrogens (tertiary/aromatic N) is 3. The zero-order valence-electron chi connectivity index (χ0n) is 27.8. The van der Waals surface area contributed by atoms with Crippen LogP contribution in [0.4, 0.5) is 10.1 Å². The summed E-state index contributed by atoms with van der Waals surface area (Å²) in [6, 6.07) is 11.4. The van der Waals surface area contributed by atoms with Crippen molar-refractivity contribution in [1.29, 1.82) is 0 Å². The van der Waals surface area contributed by atoms with Crippen molar-refractivity contribution in [2.24, 2.45) is 5.41 Å². The van der Waals surface area contributed by atoms with Crippen molar-refractivity contribution < 1.29 is 24.1 Å². The Balaban J connectivity index is 1.59. The molecule has 2 aliphatic rings. The van der Waals surface area contributed by atoms with Crippen molar-refractivity contribution in [3.63, 3.8) is 0 Å². The van der Waals surface area contributed by atoms with Crippen molar-refractivity contribution in [2.75, 3.05) is 24.5 Å². The Labute approximate surface area is 267 Å². The van der Waals surface area contributed by atoms with Crippen LogP contribution < -0.4 is 4.90 Å². The lowest BCUT2D eigenvalue weighted by Gasteiger charge is -2.41. The average Bonchev–Trinajstić information content (AvgIpc) is 2.96. The predicted molar refractivity (Wildman–Crippen MR) is 176 cm³/mol. The van der Waals surface area contributed by atoms with Gasteiger partial charge >= 0.3 is 5.97 Å². The van der Waals surface area contributed by atoms with Gasteiger partial charge < -0.3 is 19.8 Å². The number of benzene rings is 2. The normalized spacial score (nSPS) is 17.7. The lowest BCUT2D eigenvalue weighted by Crippen LogP contribution is -2.39. The fraction of sp³-hybridized carbons (Fsp3) is 0.514. The minimum absolute atomic E-state index is 0.191. The van der Waals surface area contributed by atoms with Crippen LogP contribution in [0.1, 0.15) is 92.8 Å². The van der Waals surface area contributed by atoms with Gasteiger partial charge in [0.05, 0.1) is 23.6 Å². The summed E-state index contributed by atoms with van der Waals surface area (Å²) in [4.78, 5) is 22.3. The molecule has 3 heterocycles. The number of aromatic nitrogens is 1. The Kier molecular flexibility index (Phi) is 9.41. The lowest BCUT2D eigenvalue weighted by molar-refractivity contribution is -0.160. The number of carboxylic acid groups (broad SMARTS) is 1. The van der Waals surface area contributed by atoms with Gasteiger partial charge in [0.1, 0.15) is 5.82 Å². The molecule has 1 saturated heterocycles. The van der Waals surface area contributed by atoms with E-state index in [2.05, 4.69) is 41.8 Å². The number of pyridine rings is 1. The number of hydrogen-bond donors (Lipinski definition) is 2. The summed E-state index contributed by atoms with van der Waals surface area (Å²) in [6.07, 6.45) is 1.57. The smallest absolute Gasteiger partial charge is 0.337 e. The second-order valence-corrected chi connectivity index (χ2v) is 14.6. The fourth-order valence-corrected chi connectivity index (χ4v) is 6.72. The van der Waals surface area contributed by atoms with Gasteiger partial charge in [0.2, 0.25) is 0 Å². The molecule has 45 heavy (non-hydrogen) atoms. The molecule has 0 saturated carbocycles.